The summed E-state index contributed by atoms with van der Waals surface area (Å²) in [4.78, 5) is 14.1. The van der Waals surface area contributed by atoms with E-state index in [4.69, 9.17) is 0 Å². The van der Waals surface area contributed by atoms with Crippen LogP contribution in [0.15, 0.2) is 12.1 Å². The number of carbonyl (C=O) groups is 1. The number of ketones is 1. The molecule has 1 heterocycles. The molecule has 2 rings (SSSR count). The third-order valence-corrected chi connectivity index (χ3v) is 3.72. The highest BCUT2D eigenvalue weighted by atomic mass is 32.1. The molecule has 1 aliphatic rings. The quantitative estimate of drug-likeness (QED) is 0.659. The molecule has 0 amide bonds. The fourth-order valence-corrected chi connectivity index (χ4v) is 2.84. The number of hydrogen-bond acceptors (Lipinski definition) is 2. The lowest BCUT2D eigenvalue weighted by Crippen LogP contribution is -2.08. The number of aryl methyl sites for hydroxylation is 1. The molecule has 1 saturated carbocycles. The van der Waals surface area contributed by atoms with Gasteiger partial charge in [-0.25, -0.2) is 0 Å². The molecule has 0 bridgehead atoms. The average molecular weight is 194 g/mol. The van der Waals surface area contributed by atoms with E-state index in [-0.39, 0.29) is 0 Å². The summed E-state index contributed by atoms with van der Waals surface area (Å²) in [5, 5.41) is 0. The van der Waals surface area contributed by atoms with E-state index in [0.717, 1.165) is 17.7 Å². The van der Waals surface area contributed by atoms with Gasteiger partial charge in [0.05, 0.1) is 4.88 Å². The number of hydrogen-bond donors (Lipinski definition) is 0. The van der Waals surface area contributed by atoms with Crippen molar-refractivity contribution in [3.63, 3.8) is 0 Å². The molecule has 2 heteroatoms. The van der Waals surface area contributed by atoms with Crippen molar-refractivity contribution in [2.24, 2.45) is 5.92 Å². The van der Waals surface area contributed by atoms with Gasteiger partial charge in [-0.05, 0) is 31.9 Å². The van der Waals surface area contributed by atoms with Crippen molar-refractivity contribution in [3.8, 4) is 0 Å². The largest absolute Gasteiger partial charge is 0.293 e. The van der Waals surface area contributed by atoms with Crippen molar-refractivity contribution in [1.82, 2.24) is 0 Å². The van der Waals surface area contributed by atoms with Gasteiger partial charge in [0.2, 0.25) is 0 Å². The van der Waals surface area contributed by atoms with Gasteiger partial charge >= 0.3 is 0 Å². The SMILES string of the molecule is Cc1ccc(C(=O)C2CCCC2)s1. The Morgan fingerprint density at radius 2 is 2.08 bits per heavy atom. The van der Waals surface area contributed by atoms with Crippen LogP contribution in [0.2, 0.25) is 0 Å². The zero-order chi connectivity index (χ0) is 9.26. The van der Waals surface area contributed by atoms with Crippen LogP contribution in [0.4, 0.5) is 0 Å². The van der Waals surface area contributed by atoms with Gasteiger partial charge in [-0.15, -0.1) is 11.3 Å². The molecule has 0 aromatic carbocycles. The number of thiophene rings is 1. The molecule has 0 N–H and O–H groups in total. The number of rotatable bonds is 2. The highest BCUT2D eigenvalue weighted by Crippen LogP contribution is 2.30. The Kier molecular flexibility index (Phi) is 2.49. The lowest BCUT2D eigenvalue weighted by atomic mass is 10.0. The Hall–Kier alpha value is -0.630. The van der Waals surface area contributed by atoms with Gasteiger partial charge < -0.3 is 0 Å². The van der Waals surface area contributed by atoms with Crippen LogP contribution in [-0.2, 0) is 0 Å². The minimum Gasteiger partial charge on any atom is -0.293 e. The second kappa shape index (κ2) is 3.62. The molecule has 1 aliphatic carbocycles. The summed E-state index contributed by atoms with van der Waals surface area (Å²) < 4.78 is 0. The third kappa shape index (κ3) is 1.83. The molecule has 1 nitrogen and oxygen atoms in total. The fourth-order valence-electron chi connectivity index (χ4n) is 1.96. The first-order valence-corrected chi connectivity index (χ1v) is 5.69. The van der Waals surface area contributed by atoms with Gasteiger partial charge in [0, 0.05) is 10.8 Å². The van der Waals surface area contributed by atoms with Crippen LogP contribution < -0.4 is 0 Å². The first-order valence-electron chi connectivity index (χ1n) is 4.88. The van der Waals surface area contributed by atoms with Crippen molar-refractivity contribution in [2.45, 2.75) is 32.6 Å². The molecule has 1 aromatic rings. The van der Waals surface area contributed by atoms with Gasteiger partial charge in [-0.3, -0.25) is 4.79 Å². The summed E-state index contributed by atoms with van der Waals surface area (Å²) in [7, 11) is 0. The minimum absolute atomic E-state index is 0.332. The van der Waals surface area contributed by atoms with Crippen LogP contribution >= 0.6 is 11.3 Å². The third-order valence-electron chi connectivity index (χ3n) is 2.71. The summed E-state index contributed by atoms with van der Waals surface area (Å²) in [6, 6.07) is 4.01. The summed E-state index contributed by atoms with van der Waals surface area (Å²) in [5.74, 6) is 0.716. The Balaban J connectivity index is 2.12. The van der Waals surface area contributed by atoms with Gasteiger partial charge in [-0.2, -0.15) is 0 Å². The van der Waals surface area contributed by atoms with Crippen molar-refractivity contribution < 1.29 is 4.79 Å². The molecule has 1 fully saturated rings. The second-order valence-corrected chi connectivity index (χ2v) is 5.04. The summed E-state index contributed by atoms with van der Waals surface area (Å²) in [5.41, 5.74) is 0. The molecule has 13 heavy (non-hydrogen) atoms. The minimum atomic E-state index is 0.332. The zero-order valence-corrected chi connectivity index (χ0v) is 8.69. The van der Waals surface area contributed by atoms with Gasteiger partial charge in [0.1, 0.15) is 0 Å². The first-order chi connectivity index (χ1) is 6.27. The maximum Gasteiger partial charge on any atom is 0.175 e. The van der Waals surface area contributed by atoms with Gasteiger partial charge in [-0.1, -0.05) is 12.8 Å². The van der Waals surface area contributed by atoms with Gasteiger partial charge in [0.25, 0.3) is 0 Å². The van der Waals surface area contributed by atoms with Crippen LogP contribution in [0.25, 0.3) is 0 Å². The van der Waals surface area contributed by atoms with Crippen molar-refractivity contribution in [2.75, 3.05) is 0 Å². The van der Waals surface area contributed by atoms with Gasteiger partial charge in [0.15, 0.2) is 5.78 Å². The van der Waals surface area contributed by atoms with E-state index < -0.39 is 0 Å². The van der Waals surface area contributed by atoms with E-state index in [9.17, 15) is 4.79 Å². The summed E-state index contributed by atoms with van der Waals surface area (Å²) >= 11 is 1.63. The van der Waals surface area contributed by atoms with Crippen LogP contribution in [0.1, 0.15) is 40.2 Å². The average Bonchev–Trinajstić information content (AvgIpc) is 2.72. The number of carbonyl (C=O) groups excluding carboxylic acids is 1. The van der Waals surface area contributed by atoms with Crippen LogP contribution in [0.3, 0.4) is 0 Å². The van der Waals surface area contributed by atoms with Crippen LogP contribution in [0, 0.1) is 12.8 Å². The molecule has 0 radical (unpaired) electrons. The van der Waals surface area contributed by atoms with E-state index in [1.165, 1.54) is 17.7 Å². The molecule has 70 valence electrons. The Bertz CT molecular complexity index is 308. The monoisotopic (exact) mass is 194 g/mol. The van der Waals surface area contributed by atoms with Crippen molar-refractivity contribution in [3.05, 3.63) is 21.9 Å². The molecule has 0 unspecified atom stereocenters. The number of Topliss-reactive ketones (excluding diaryl/α,β-unsaturated/α-hetero) is 1. The smallest absolute Gasteiger partial charge is 0.175 e. The maximum absolute atomic E-state index is 11.9. The van der Waals surface area contributed by atoms with Crippen LogP contribution in [-0.4, -0.2) is 5.78 Å². The molecule has 1 aromatic heterocycles. The molecule has 0 spiro atoms. The fraction of sp³-hybridized carbons (Fsp3) is 0.545. The summed E-state index contributed by atoms with van der Waals surface area (Å²) in [6.45, 7) is 2.05. The molecule has 0 saturated heterocycles. The van der Waals surface area contributed by atoms with E-state index >= 15 is 0 Å². The Labute approximate surface area is 82.8 Å². The Morgan fingerprint density at radius 1 is 1.38 bits per heavy atom. The highest BCUT2D eigenvalue weighted by Gasteiger charge is 2.24. The lowest BCUT2D eigenvalue weighted by molar-refractivity contribution is 0.0927. The summed E-state index contributed by atoms with van der Waals surface area (Å²) in [6.07, 6.45) is 4.69. The standard InChI is InChI=1S/C11H14OS/c1-8-6-7-10(13-8)11(12)9-4-2-3-5-9/h6-7,9H,2-5H2,1H3. The predicted octanol–water partition coefficient (Wildman–Crippen LogP) is 3.43. The van der Waals surface area contributed by atoms with E-state index in [2.05, 4.69) is 6.92 Å². The Morgan fingerprint density at radius 3 is 2.62 bits per heavy atom. The van der Waals surface area contributed by atoms with Crippen molar-refractivity contribution >= 4 is 17.1 Å². The first kappa shape index (κ1) is 8.95. The molecular formula is C11H14OS. The molecule has 0 aliphatic heterocycles. The molecular weight excluding hydrogens is 180 g/mol. The highest BCUT2D eigenvalue weighted by molar-refractivity contribution is 7.14. The molecule has 0 atom stereocenters. The van der Waals surface area contributed by atoms with Crippen LogP contribution in [0.5, 0.6) is 0 Å². The topological polar surface area (TPSA) is 17.1 Å². The van der Waals surface area contributed by atoms with E-state index in [0.29, 0.717) is 11.7 Å². The van der Waals surface area contributed by atoms with Crippen molar-refractivity contribution in [1.29, 1.82) is 0 Å². The zero-order valence-electron chi connectivity index (χ0n) is 7.88. The maximum atomic E-state index is 11.9. The second-order valence-electron chi connectivity index (χ2n) is 3.76. The van der Waals surface area contributed by atoms with E-state index in [1.54, 1.807) is 11.3 Å². The van der Waals surface area contributed by atoms with E-state index in [1.807, 2.05) is 12.1 Å². The lowest BCUT2D eigenvalue weighted by Gasteiger charge is -2.04. The predicted molar refractivity (Wildman–Crippen MR) is 55.3 cm³/mol. The normalized spacial score (nSPS) is 17.9.